The number of nitrogens with one attached hydrogen (secondary N) is 1. The second-order valence-corrected chi connectivity index (χ2v) is 6.22. The molecule has 0 spiro atoms. The van der Waals surface area contributed by atoms with E-state index in [1.165, 1.54) is 6.08 Å². The normalized spacial score (nSPS) is 11.0. The molecule has 0 bridgehead atoms. The maximum atomic E-state index is 12.2. The summed E-state index contributed by atoms with van der Waals surface area (Å²) in [6.45, 7) is 7.89. The van der Waals surface area contributed by atoms with Crippen molar-refractivity contribution in [2.75, 3.05) is 12.4 Å². The van der Waals surface area contributed by atoms with Gasteiger partial charge in [0.05, 0.1) is 13.2 Å². The van der Waals surface area contributed by atoms with E-state index in [9.17, 15) is 4.79 Å². The highest BCUT2D eigenvalue weighted by Crippen LogP contribution is 2.29. The highest BCUT2D eigenvalue weighted by Gasteiger charge is 2.07. The molecule has 2 rings (SSSR count). The molecule has 0 aliphatic heterocycles. The van der Waals surface area contributed by atoms with Crippen molar-refractivity contribution >= 4 is 17.7 Å². The summed E-state index contributed by atoms with van der Waals surface area (Å²) in [6, 6.07) is 11.6. The molecule has 0 saturated heterocycles. The van der Waals surface area contributed by atoms with E-state index >= 15 is 0 Å². The van der Waals surface area contributed by atoms with Crippen LogP contribution in [0.4, 0.5) is 5.69 Å². The number of aryl methyl sites for hydroxylation is 2. The van der Waals surface area contributed by atoms with Gasteiger partial charge in [-0.25, -0.2) is 0 Å². The number of anilines is 1. The van der Waals surface area contributed by atoms with Crippen LogP contribution in [-0.2, 0) is 4.79 Å². The zero-order valence-electron chi connectivity index (χ0n) is 15.4. The minimum atomic E-state index is -0.171. The Morgan fingerprint density at radius 1 is 1.08 bits per heavy atom. The van der Waals surface area contributed by atoms with Gasteiger partial charge in [0.2, 0.25) is 5.91 Å². The highest BCUT2D eigenvalue weighted by atomic mass is 16.5. The molecule has 0 unspecified atom stereocenters. The first-order chi connectivity index (χ1) is 11.9. The summed E-state index contributed by atoms with van der Waals surface area (Å²) in [4.78, 5) is 12.2. The number of carbonyl (C=O) groups is 1. The van der Waals surface area contributed by atoms with Gasteiger partial charge in [-0.3, -0.25) is 4.79 Å². The molecule has 0 aliphatic rings. The molecule has 0 heterocycles. The van der Waals surface area contributed by atoms with E-state index in [1.807, 2.05) is 64.1 Å². The molecule has 0 aliphatic carbocycles. The van der Waals surface area contributed by atoms with E-state index in [4.69, 9.17) is 9.47 Å². The lowest BCUT2D eigenvalue weighted by atomic mass is 10.1. The Morgan fingerprint density at radius 3 is 2.52 bits per heavy atom. The average molecular weight is 339 g/mol. The predicted molar refractivity (Wildman–Crippen MR) is 102 cm³/mol. The second-order valence-electron chi connectivity index (χ2n) is 6.22. The smallest absolute Gasteiger partial charge is 0.248 e. The summed E-state index contributed by atoms with van der Waals surface area (Å²) < 4.78 is 11.1. The predicted octanol–water partition coefficient (Wildman–Crippen LogP) is 4.75. The van der Waals surface area contributed by atoms with Gasteiger partial charge < -0.3 is 14.8 Å². The first-order valence-corrected chi connectivity index (χ1v) is 8.30. The lowest BCUT2D eigenvalue weighted by Gasteiger charge is -2.13. The fourth-order valence-electron chi connectivity index (χ4n) is 2.36. The highest BCUT2D eigenvalue weighted by molar-refractivity contribution is 6.02. The van der Waals surface area contributed by atoms with E-state index < -0.39 is 0 Å². The lowest BCUT2D eigenvalue weighted by molar-refractivity contribution is -0.111. The number of hydrogen-bond acceptors (Lipinski definition) is 3. The molecule has 2 aromatic rings. The SMILES string of the molecule is COc1cc(C=CC(=O)Nc2cc(C)ccc2C)ccc1OC(C)C. The van der Waals surface area contributed by atoms with Crippen LogP contribution in [0.5, 0.6) is 11.5 Å². The minimum absolute atomic E-state index is 0.0682. The summed E-state index contributed by atoms with van der Waals surface area (Å²) in [5.74, 6) is 1.16. The van der Waals surface area contributed by atoms with Crippen LogP contribution in [0.3, 0.4) is 0 Å². The average Bonchev–Trinajstić information content (AvgIpc) is 2.56. The van der Waals surface area contributed by atoms with E-state index in [0.29, 0.717) is 11.5 Å². The second kappa shape index (κ2) is 8.38. The molecule has 25 heavy (non-hydrogen) atoms. The largest absolute Gasteiger partial charge is 0.493 e. The van der Waals surface area contributed by atoms with Gasteiger partial charge in [-0.05, 0) is 68.7 Å². The zero-order valence-corrected chi connectivity index (χ0v) is 15.4. The van der Waals surface area contributed by atoms with Gasteiger partial charge in [-0.1, -0.05) is 18.2 Å². The van der Waals surface area contributed by atoms with Gasteiger partial charge in [0, 0.05) is 11.8 Å². The number of methoxy groups -OCH3 is 1. The minimum Gasteiger partial charge on any atom is -0.493 e. The van der Waals surface area contributed by atoms with E-state index in [0.717, 1.165) is 22.4 Å². The topological polar surface area (TPSA) is 47.6 Å². The van der Waals surface area contributed by atoms with E-state index in [1.54, 1.807) is 13.2 Å². The van der Waals surface area contributed by atoms with Crippen molar-refractivity contribution in [2.45, 2.75) is 33.8 Å². The van der Waals surface area contributed by atoms with Crippen molar-refractivity contribution in [3.63, 3.8) is 0 Å². The summed E-state index contributed by atoms with van der Waals surface area (Å²) in [5.41, 5.74) is 3.83. The van der Waals surface area contributed by atoms with Crippen LogP contribution >= 0.6 is 0 Å². The Hall–Kier alpha value is -2.75. The molecule has 0 aromatic heterocycles. The standard InChI is InChI=1S/C21H25NO3/c1-14(2)25-19-10-8-17(13-20(19)24-5)9-11-21(23)22-18-12-15(3)6-7-16(18)4/h6-14H,1-5H3,(H,22,23). The van der Waals surface area contributed by atoms with E-state index in [2.05, 4.69) is 5.32 Å². The monoisotopic (exact) mass is 339 g/mol. The Labute approximate surface area is 149 Å². The summed E-state index contributed by atoms with van der Waals surface area (Å²) >= 11 is 0. The Bertz CT molecular complexity index is 779. The van der Waals surface area contributed by atoms with Crippen molar-refractivity contribution in [2.24, 2.45) is 0 Å². The third kappa shape index (κ3) is 5.38. The molecule has 1 amide bonds. The van der Waals surface area contributed by atoms with Gasteiger partial charge in [0.25, 0.3) is 0 Å². The van der Waals surface area contributed by atoms with E-state index in [-0.39, 0.29) is 12.0 Å². The van der Waals surface area contributed by atoms with Gasteiger partial charge in [0.1, 0.15) is 0 Å². The maximum Gasteiger partial charge on any atom is 0.248 e. The van der Waals surface area contributed by atoms with Crippen LogP contribution in [0.1, 0.15) is 30.5 Å². The fraction of sp³-hybridized carbons (Fsp3) is 0.286. The lowest BCUT2D eigenvalue weighted by Crippen LogP contribution is -2.09. The van der Waals surface area contributed by atoms with Crippen molar-refractivity contribution in [3.8, 4) is 11.5 Å². The van der Waals surface area contributed by atoms with Crippen LogP contribution in [0.2, 0.25) is 0 Å². The Balaban J connectivity index is 2.10. The molecule has 132 valence electrons. The van der Waals surface area contributed by atoms with Gasteiger partial charge in [-0.15, -0.1) is 0 Å². The molecule has 0 fully saturated rings. The molecule has 0 radical (unpaired) electrons. The fourth-order valence-corrected chi connectivity index (χ4v) is 2.36. The van der Waals surface area contributed by atoms with Gasteiger partial charge in [0.15, 0.2) is 11.5 Å². The zero-order chi connectivity index (χ0) is 18.4. The number of carbonyl (C=O) groups excluding carboxylic acids is 1. The van der Waals surface area contributed by atoms with Gasteiger partial charge >= 0.3 is 0 Å². The van der Waals surface area contributed by atoms with Crippen molar-refractivity contribution in [1.29, 1.82) is 0 Å². The van der Waals surface area contributed by atoms with Crippen LogP contribution in [0, 0.1) is 13.8 Å². The molecule has 1 N–H and O–H groups in total. The summed E-state index contributed by atoms with van der Waals surface area (Å²) in [7, 11) is 1.60. The molecule has 2 aromatic carbocycles. The number of hydrogen-bond donors (Lipinski definition) is 1. The first-order valence-electron chi connectivity index (χ1n) is 8.30. The summed E-state index contributed by atoms with van der Waals surface area (Å²) in [5, 5.41) is 2.91. The number of rotatable bonds is 6. The number of benzene rings is 2. The molecular weight excluding hydrogens is 314 g/mol. The quantitative estimate of drug-likeness (QED) is 0.773. The van der Waals surface area contributed by atoms with Crippen LogP contribution in [0.25, 0.3) is 6.08 Å². The van der Waals surface area contributed by atoms with Crippen LogP contribution in [-0.4, -0.2) is 19.1 Å². The molecule has 0 atom stereocenters. The Morgan fingerprint density at radius 2 is 1.84 bits per heavy atom. The molecule has 0 saturated carbocycles. The number of ether oxygens (including phenoxy) is 2. The third-order valence-electron chi connectivity index (χ3n) is 3.63. The van der Waals surface area contributed by atoms with Crippen molar-refractivity contribution < 1.29 is 14.3 Å². The van der Waals surface area contributed by atoms with Crippen LogP contribution < -0.4 is 14.8 Å². The first kappa shape index (κ1) is 18.6. The number of amides is 1. The van der Waals surface area contributed by atoms with Crippen molar-refractivity contribution in [3.05, 3.63) is 59.2 Å². The van der Waals surface area contributed by atoms with Crippen molar-refractivity contribution in [1.82, 2.24) is 0 Å². The molecular formula is C21H25NO3. The maximum absolute atomic E-state index is 12.2. The van der Waals surface area contributed by atoms with Gasteiger partial charge in [-0.2, -0.15) is 0 Å². The summed E-state index contributed by atoms with van der Waals surface area (Å²) in [6.07, 6.45) is 3.33. The Kier molecular flexibility index (Phi) is 6.23. The molecule has 4 heteroatoms. The molecule has 4 nitrogen and oxygen atoms in total. The third-order valence-corrected chi connectivity index (χ3v) is 3.63. The van der Waals surface area contributed by atoms with Crippen LogP contribution in [0.15, 0.2) is 42.5 Å².